The number of carbonyl (C=O) groups excluding carboxylic acids is 1. The average molecular weight is 577 g/mol. The molecule has 1 amide bonds. The van der Waals surface area contributed by atoms with Crippen molar-refractivity contribution in [3.05, 3.63) is 71.5 Å². The van der Waals surface area contributed by atoms with Gasteiger partial charge >= 0.3 is 0 Å². The predicted octanol–water partition coefficient (Wildman–Crippen LogP) is 5.13. The molecule has 0 saturated heterocycles. The third-order valence-corrected chi connectivity index (χ3v) is 8.42. The minimum absolute atomic E-state index is 0.0181. The normalized spacial score (nSPS) is 11.3. The largest absolute Gasteiger partial charge is 0.480 e. The van der Waals surface area contributed by atoms with E-state index in [1.54, 1.807) is 20.3 Å². The van der Waals surface area contributed by atoms with Crippen LogP contribution >= 0.6 is 0 Å². The van der Waals surface area contributed by atoms with E-state index in [1.165, 1.54) is 6.07 Å². The summed E-state index contributed by atoms with van der Waals surface area (Å²) < 4.78 is 28.8. The van der Waals surface area contributed by atoms with Crippen LogP contribution in [0, 0.1) is 6.92 Å². The fourth-order valence-corrected chi connectivity index (χ4v) is 5.27. The molecule has 2 aromatic heterocycles. The van der Waals surface area contributed by atoms with Crippen molar-refractivity contribution in [2.24, 2.45) is 5.73 Å². The molecular weight excluding hydrogens is 540 g/mol. The molecule has 2 heterocycles. The summed E-state index contributed by atoms with van der Waals surface area (Å²) in [5, 5.41) is 4.31. The first-order chi connectivity index (χ1) is 19.6. The van der Waals surface area contributed by atoms with Gasteiger partial charge in [0.2, 0.25) is 17.7 Å². The number of anilines is 1. The van der Waals surface area contributed by atoms with Crippen LogP contribution in [0.2, 0.25) is 19.6 Å². The highest BCUT2D eigenvalue weighted by molar-refractivity contribution is 6.88. The lowest BCUT2D eigenvalue weighted by Crippen LogP contribution is -2.37. The topological polar surface area (TPSA) is 131 Å². The predicted molar refractivity (Wildman–Crippen MR) is 160 cm³/mol. The van der Waals surface area contributed by atoms with E-state index in [1.807, 2.05) is 43.3 Å². The zero-order valence-corrected chi connectivity index (χ0v) is 25.2. The summed E-state index contributed by atoms with van der Waals surface area (Å²) in [5.41, 5.74) is 8.64. The first kappa shape index (κ1) is 29.6. The number of aromatic nitrogens is 2. The van der Waals surface area contributed by atoms with Gasteiger partial charge in [0.15, 0.2) is 5.76 Å². The molecule has 0 atom stereocenters. The van der Waals surface area contributed by atoms with Gasteiger partial charge in [0.25, 0.3) is 11.9 Å². The molecule has 0 saturated carbocycles. The Labute approximate surface area is 240 Å². The fraction of sp³-hybridized carbons (Fsp3) is 0.300. The van der Waals surface area contributed by atoms with Crippen molar-refractivity contribution in [3.63, 3.8) is 0 Å². The van der Waals surface area contributed by atoms with Gasteiger partial charge in [-0.05, 0) is 30.2 Å². The second kappa shape index (κ2) is 12.9. The van der Waals surface area contributed by atoms with E-state index in [2.05, 4.69) is 41.0 Å². The number of ether oxygens (including phenoxy) is 4. The summed E-state index contributed by atoms with van der Waals surface area (Å²) in [6, 6.07) is 17.1. The number of amides is 1. The number of primary amides is 1. The van der Waals surface area contributed by atoms with Gasteiger partial charge in [-0.2, -0.15) is 9.97 Å². The third kappa shape index (κ3) is 7.24. The number of hydrogen-bond donors (Lipinski definition) is 2. The standard InChI is InChI=1S/C30H36N4O6Si/c1-19-22(16-21(41(4,5)6)17-24(19)40-25-13-12-23(39-25)27(31)35)26-28(36-2)33-30(34-29(26)37-3)32-14-15-38-18-20-10-8-7-9-11-20/h7-13,16-17H,14-15,18H2,1-6H3,(H2,31,35)(H,32,33,34). The van der Waals surface area contributed by atoms with E-state index in [0.717, 1.165) is 21.9 Å². The van der Waals surface area contributed by atoms with Gasteiger partial charge in [0, 0.05) is 18.2 Å². The summed E-state index contributed by atoms with van der Waals surface area (Å²) in [4.78, 5) is 20.8. The molecule has 0 unspecified atom stereocenters. The third-order valence-electron chi connectivity index (χ3n) is 6.40. The maximum Gasteiger partial charge on any atom is 0.290 e. The Morgan fingerprint density at radius 3 is 2.27 bits per heavy atom. The second-order valence-electron chi connectivity index (χ2n) is 10.4. The molecule has 4 rings (SSSR count). The highest BCUT2D eigenvalue weighted by Crippen LogP contribution is 2.41. The van der Waals surface area contributed by atoms with Gasteiger partial charge in [-0.3, -0.25) is 4.79 Å². The van der Waals surface area contributed by atoms with E-state index in [4.69, 9.17) is 29.1 Å². The Balaban J connectivity index is 1.64. The minimum atomic E-state index is -1.83. The van der Waals surface area contributed by atoms with Crippen molar-refractivity contribution in [3.8, 4) is 34.6 Å². The van der Waals surface area contributed by atoms with Gasteiger partial charge in [0.1, 0.15) is 11.3 Å². The van der Waals surface area contributed by atoms with Crippen LogP contribution in [0.3, 0.4) is 0 Å². The molecular formula is C30H36N4O6Si. The first-order valence-electron chi connectivity index (χ1n) is 13.2. The molecule has 0 aliphatic heterocycles. The smallest absolute Gasteiger partial charge is 0.290 e. The molecule has 3 N–H and O–H groups in total. The Morgan fingerprint density at radius 2 is 1.68 bits per heavy atom. The van der Waals surface area contributed by atoms with E-state index >= 15 is 0 Å². The molecule has 10 nitrogen and oxygen atoms in total. The van der Waals surface area contributed by atoms with Crippen LogP contribution < -0.4 is 30.4 Å². The number of carbonyl (C=O) groups is 1. The summed E-state index contributed by atoms with van der Waals surface area (Å²) in [6.07, 6.45) is 0. The lowest BCUT2D eigenvalue weighted by Gasteiger charge is -2.22. The van der Waals surface area contributed by atoms with E-state index in [9.17, 15) is 4.79 Å². The zero-order valence-electron chi connectivity index (χ0n) is 24.2. The van der Waals surface area contributed by atoms with Gasteiger partial charge in [0.05, 0.1) is 35.5 Å². The van der Waals surface area contributed by atoms with Crippen LogP contribution in [0.1, 0.15) is 21.7 Å². The van der Waals surface area contributed by atoms with Crippen LogP contribution in [-0.2, 0) is 11.3 Å². The highest BCUT2D eigenvalue weighted by atomic mass is 28.3. The number of nitrogens with one attached hydrogen (secondary N) is 1. The lowest BCUT2D eigenvalue weighted by molar-refractivity contribution is 0.0969. The number of hydrogen-bond acceptors (Lipinski definition) is 9. The number of furan rings is 1. The monoisotopic (exact) mass is 576 g/mol. The molecule has 41 heavy (non-hydrogen) atoms. The maximum absolute atomic E-state index is 11.5. The molecule has 0 radical (unpaired) electrons. The number of nitrogens with zero attached hydrogens (tertiary/aromatic N) is 2. The Kier molecular flexibility index (Phi) is 9.30. The van der Waals surface area contributed by atoms with Crippen LogP contribution in [0.4, 0.5) is 5.95 Å². The van der Waals surface area contributed by atoms with Crippen LogP contribution in [0.5, 0.6) is 23.5 Å². The van der Waals surface area contributed by atoms with E-state index in [0.29, 0.717) is 48.8 Å². The molecule has 2 aromatic carbocycles. The maximum atomic E-state index is 11.5. The summed E-state index contributed by atoms with van der Waals surface area (Å²) >= 11 is 0. The molecule has 4 aromatic rings. The highest BCUT2D eigenvalue weighted by Gasteiger charge is 2.26. The van der Waals surface area contributed by atoms with Gasteiger partial charge in [-0.15, -0.1) is 0 Å². The Morgan fingerprint density at radius 1 is 1.00 bits per heavy atom. The van der Waals surface area contributed by atoms with E-state index in [-0.39, 0.29) is 11.7 Å². The first-order valence-corrected chi connectivity index (χ1v) is 16.7. The molecule has 216 valence electrons. The van der Waals surface area contributed by atoms with Crippen molar-refractivity contribution in [1.82, 2.24) is 9.97 Å². The lowest BCUT2D eigenvalue weighted by atomic mass is 10.0. The molecule has 0 fully saturated rings. The summed E-state index contributed by atoms with van der Waals surface area (Å²) in [7, 11) is 1.28. The van der Waals surface area contributed by atoms with Crippen molar-refractivity contribution in [1.29, 1.82) is 0 Å². The number of benzene rings is 2. The number of methoxy groups -OCH3 is 2. The van der Waals surface area contributed by atoms with Crippen molar-refractivity contribution in [2.75, 3.05) is 32.7 Å². The van der Waals surface area contributed by atoms with Gasteiger partial charge in [-0.25, -0.2) is 0 Å². The van der Waals surface area contributed by atoms with Crippen molar-refractivity contribution >= 4 is 25.1 Å². The van der Waals surface area contributed by atoms with E-state index < -0.39 is 14.0 Å². The number of rotatable bonds is 13. The molecule has 0 spiro atoms. The molecule has 0 aliphatic carbocycles. The summed E-state index contributed by atoms with van der Waals surface area (Å²) in [5.74, 6) is 1.12. The minimum Gasteiger partial charge on any atom is -0.480 e. The SMILES string of the molecule is COc1nc(NCCOCc2ccccc2)nc(OC)c1-c1cc([Si](C)(C)C)cc(Oc2ccc(C(N)=O)o2)c1C. The molecule has 0 aliphatic rings. The molecule has 11 heteroatoms. The average Bonchev–Trinajstić information content (AvgIpc) is 3.42. The fourth-order valence-electron chi connectivity index (χ4n) is 4.13. The Hall–Kier alpha value is -4.35. The number of nitrogens with two attached hydrogens (primary N) is 1. The molecule has 0 bridgehead atoms. The van der Waals surface area contributed by atoms with Crippen LogP contribution in [-0.4, -0.2) is 51.3 Å². The van der Waals surface area contributed by atoms with Gasteiger partial charge in [-0.1, -0.05) is 61.2 Å². The summed E-state index contributed by atoms with van der Waals surface area (Å²) in [6.45, 7) is 10.1. The van der Waals surface area contributed by atoms with Crippen LogP contribution in [0.15, 0.2) is 59.0 Å². The van der Waals surface area contributed by atoms with Crippen LogP contribution in [0.25, 0.3) is 11.1 Å². The zero-order chi connectivity index (χ0) is 29.6. The van der Waals surface area contributed by atoms with Gasteiger partial charge < -0.3 is 34.4 Å². The quantitative estimate of drug-likeness (QED) is 0.164. The van der Waals surface area contributed by atoms with Crippen molar-refractivity contribution in [2.45, 2.75) is 33.2 Å². The Bertz CT molecular complexity index is 1480. The second-order valence-corrected chi connectivity index (χ2v) is 15.5. The van der Waals surface area contributed by atoms with Crippen molar-refractivity contribution < 1.29 is 28.2 Å².